The molecule has 1 aliphatic rings. The predicted molar refractivity (Wildman–Crippen MR) is 90.3 cm³/mol. The van der Waals surface area contributed by atoms with Gasteiger partial charge in [0, 0.05) is 32.2 Å². The first-order chi connectivity index (χ1) is 11.1. The number of rotatable bonds is 4. The second kappa shape index (κ2) is 7.14. The third kappa shape index (κ3) is 4.11. The molecule has 0 atom stereocenters. The van der Waals surface area contributed by atoms with Crippen molar-refractivity contribution in [3.8, 4) is 10.6 Å². The first-order valence-corrected chi connectivity index (χ1v) is 8.76. The lowest BCUT2D eigenvalue weighted by atomic mass is 10.3. The molecule has 0 saturated carbocycles. The summed E-state index contributed by atoms with van der Waals surface area (Å²) in [6.07, 6.45) is 1.79. The topological polar surface area (TPSA) is 61.6 Å². The minimum absolute atomic E-state index is 0.0238. The highest BCUT2D eigenvalue weighted by Gasteiger charge is 2.22. The summed E-state index contributed by atoms with van der Waals surface area (Å²) >= 11 is 1.65. The second-order valence-electron chi connectivity index (χ2n) is 5.96. The SMILES string of the molecule is CC(C)NC(=O)N1CCN(Cc2ncc(-c3cccs3)o2)CC1. The number of aromatic nitrogens is 1. The van der Waals surface area contributed by atoms with Gasteiger partial charge in [-0.05, 0) is 25.3 Å². The van der Waals surface area contributed by atoms with Gasteiger partial charge in [-0.3, -0.25) is 4.90 Å². The number of amides is 2. The number of oxazole rings is 1. The summed E-state index contributed by atoms with van der Waals surface area (Å²) < 4.78 is 5.82. The molecule has 0 aliphatic carbocycles. The summed E-state index contributed by atoms with van der Waals surface area (Å²) in [7, 11) is 0. The Balaban J connectivity index is 1.50. The average molecular weight is 334 g/mol. The quantitative estimate of drug-likeness (QED) is 0.934. The Bertz CT molecular complexity index is 630. The molecular weight excluding hydrogens is 312 g/mol. The van der Waals surface area contributed by atoms with E-state index in [1.807, 2.05) is 36.3 Å². The summed E-state index contributed by atoms with van der Waals surface area (Å²) in [5, 5.41) is 4.96. The van der Waals surface area contributed by atoms with Gasteiger partial charge in [0.25, 0.3) is 0 Å². The van der Waals surface area contributed by atoms with Crippen LogP contribution in [0, 0.1) is 0 Å². The third-order valence-corrected chi connectivity index (χ3v) is 4.63. The highest BCUT2D eigenvalue weighted by Crippen LogP contribution is 2.25. The number of urea groups is 1. The highest BCUT2D eigenvalue weighted by molar-refractivity contribution is 7.13. The van der Waals surface area contributed by atoms with E-state index in [-0.39, 0.29) is 12.1 Å². The van der Waals surface area contributed by atoms with E-state index in [1.165, 1.54) is 0 Å². The van der Waals surface area contributed by atoms with Crippen molar-refractivity contribution in [1.29, 1.82) is 0 Å². The van der Waals surface area contributed by atoms with E-state index in [0.29, 0.717) is 6.54 Å². The van der Waals surface area contributed by atoms with Gasteiger partial charge in [0.2, 0.25) is 5.89 Å². The first kappa shape index (κ1) is 16.0. The van der Waals surface area contributed by atoms with Gasteiger partial charge >= 0.3 is 6.03 Å². The normalized spacial score (nSPS) is 16.0. The zero-order chi connectivity index (χ0) is 16.2. The molecule has 0 bridgehead atoms. The minimum Gasteiger partial charge on any atom is -0.438 e. The number of hydrogen-bond acceptors (Lipinski definition) is 5. The number of nitrogens with one attached hydrogen (secondary N) is 1. The minimum atomic E-state index is 0.0238. The molecule has 0 unspecified atom stereocenters. The van der Waals surface area contributed by atoms with Crippen LogP contribution < -0.4 is 5.32 Å². The summed E-state index contributed by atoms with van der Waals surface area (Å²) in [5.74, 6) is 1.55. The van der Waals surface area contributed by atoms with Crippen LogP contribution in [-0.2, 0) is 6.54 Å². The van der Waals surface area contributed by atoms with Crippen molar-refractivity contribution >= 4 is 17.4 Å². The van der Waals surface area contributed by atoms with Gasteiger partial charge < -0.3 is 14.6 Å². The van der Waals surface area contributed by atoms with Crippen LogP contribution in [0.5, 0.6) is 0 Å². The molecule has 1 aliphatic heterocycles. The van der Waals surface area contributed by atoms with E-state index in [9.17, 15) is 4.79 Å². The van der Waals surface area contributed by atoms with Crippen molar-refractivity contribution < 1.29 is 9.21 Å². The van der Waals surface area contributed by atoms with Gasteiger partial charge in [-0.25, -0.2) is 9.78 Å². The third-order valence-electron chi connectivity index (χ3n) is 3.75. The molecule has 3 rings (SSSR count). The molecule has 2 aromatic rings. The molecule has 6 nitrogen and oxygen atoms in total. The maximum atomic E-state index is 12.0. The van der Waals surface area contributed by atoms with Gasteiger partial charge in [-0.1, -0.05) is 6.07 Å². The molecule has 1 N–H and O–H groups in total. The molecule has 124 valence electrons. The monoisotopic (exact) mass is 334 g/mol. The molecule has 0 radical (unpaired) electrons. The van der Waals surface area contributed by atoms with Gasteiger partial charge in [-0.15, -0.1) is 11.3 Å². The lowest BCUT2D eigenvalue weighted by molar-refractivity contribution is 0.128. The fourth-order valence-corrected chi connectivity index (χ4v) is 3.23. The van der Waals surface area contributed by atoms with Gasteiger partial charge in [0.1, 0.15) is 0 Å². The molecule has 0 spiro atoms. The number of carbonyl (C=O) groups excluding carboxylic acids is 1. The van der Waals surface area contributed by atoms with Crippen LogP contribution in [0.25, 0.3) is 10.6 Å². The van der Waals surface area contributed by atoms with Crippen molar-refractivity contribution in [2.24, 2.45) is 0 Å². The summed E-state index contributed by atoms with van der Waals surface area (Å²) in [5.41, 5.74) is 0. The maximum absolute atomic E-state index is 12.0. The molecule has 7 heteroatoms. The van der Waals surface area contributed by atoms with E-state index >= 15 is 0 Å². The lowest BCUT2D eigenvalue weighted by Gasteiger charge is -2.34. The molecular formula is C16H22N4O2S. The molecule has 3 heterocycles. The Hall–Kier alpha value is -1.86. The molecule has 0 aromatic carbocycles. The zero-order valence-corrected chi connectivity index (χ0v) is 14.3. The molecule has 1 fully saturated rings. The van der Waals surface area contributed by atoms with Gasteiger partial charge in [0.15, 0.2) is 5.76 Å². The number of hydrogen-bond donors (Lipinski definition) is 1. The number of thiophene rings is 1. The Morgan fingerprint density at radius 1 is 1.39 bits per heavy atom. The predicted octanol–water partition coefficient (Wildman–Crippen LogP) is 2.64. The first-order valence-electron chi connectivity index (χ1n) is 7.88. The smallest absolute Gasteiger partial charge is 0.317 e. The van der Waals surface area contributed by atoms with Crippen molar-refractivity contribution in [1.82, 2.24) is 20.1 Å². The fourth-order valence-electron chi connectivity index (χ4n) is 2.55. The van der Waals surface area contributed by atoms with E-state index in [2.05, 4.69) is 15.2 Å². The Morgan fingerprint density at radius 3 is 2.83 bits per heavy atom. The van der Waals surface area contributed by atoms with Gasteiger partial charge in [0.05, 0.1) is 17.6 Å². The van der Waals surface area contributed by atoms with Crippen molar-refractivity contribution in [2.75, 3.05) is 26.2 Å². The van der Waals surface area contributed by atoms with E-state index in [4.69, 9.17) is 4.42 Å². The lowest BCUT2D eigenvalue weighted by Crippen LogP contribution is -2.52. The summed E-state index contributed by atoms with van der Waals surface area (Å²) in [6.45, 7) is 7.77. The van der Waals surface area contributed by atoms with E-state index in [1.54, 1.807) is 17.5 Å². The number of carbonyl (C=O) groups is 1. The van der Waals surface area contributed by atoms with Crippen LogP contribution >= 0.6 is 11.3 Å². The average Bonchev–Trinajstić information content (AvgIpc) is 3.18. The maximum Gasteiger partial charge on any atom is 0.317 e. The summed E-state index contributed by atoms with van der Waals surface area (Å²) in [4.78, 5) is 21.6. The second-order valence-corrected chi connectivity index (χ2v) is 6.91. The van der Waals surface area contributed by atoms with Crippen LogP contribution in [0.2, 0.25) is 0 Å². The van der Waals surface area contributed by atoms with Crippen molar-refractivity contribution in [2.45, 2.75) is 26.4 Å². The summed E-state index contributed by atoms with van der Waals surface area (Å²) in [6, 6.07) is 4.23. The highest BCUT2D eigenvalue weighted by atomic mass is 32.1. The Labute approximate surface area is 140 Å². The van der Waals surface area contributed by atoms with Crippen LogP contribution in [0.15, 0.2) is 28.1 Å². The van der Waals surface area contributed by atoms with Crippen LogP contribution in [0.1, 0.15) is 19.7 Å². The number of nitrogens with zero attached hydrogens (tertiary/aromatic N) is 3. The molecule has 2 amide bonds. The Morgan fingerprint density at radius 2 is 2.17 bits per heavy atom. The standard InChI is InChI=1S/C16H22N4O2S/c1-12(2)18-16(21)20-7-5-19(6-8-20)11-15-17-10-13(22-15)14-4-3-9-23-14/h3-4,9-10,12H,5-8,11H2,1-2H3,(H,18,21). The van der Waals surface area contributed by atoms with Gasteiger partial charge in [-0.2, -0.15) is 0 Å². The van der Waals surface area contributed by atoms with Crippen LogP contribution in [0.4, 0.5) is 4.79 Å². The largest absolute Gasteiger partial charge is 0.438 e. The molecule has 2 aromatic heterocycles. The fraction of sp³-hybridized carbons (Fsp3) is 0.500. The van der Waals surface area contributed by atoms with E-state index < -0.39 is 0 Å². The Kier molecular flexibility index (Phi) is 4.97. The van der Waals surface area contributed by atoms with Crippen LogP contribution in [-0.4, -0.2) is 53.0 Å². The molecule has 23 heavy (non-hydrogen) atoms. The zero-order valence-electron chi connectivity index (χ0n) is 13.5. The van der Waals surface area contributed by atoms with Crippen molar-refractivity contribution in [3.63, 3.8) is 0 Å². The number of piperazine rings is 1. The van der Waals surface area contributed by atoms with Crippen molar-refractivity contribution in [3.05, 3.63) is 29.6 Å². The van der Waals surface area contributed by atoms with Crippen LogP contribution in [0.3, 0.4) is 0 Å². The van der Waals surface area contributed by atoms with E-state index in [0.717, 1.165) is 42.7 Å². The molecule has 1 saturated heterocycles.